The second-order valence-electron chi connectivity index (χ2n) is 18.1. The highest BCUT2D eigenvalue weighted by atomic mass is 16.2. The average molecular weight is 1060 g/mol. The molecule has 1 aliphatic rings. The first-order chi connectivity index (χ1) is 36.2. The number of aromatic nitrogens is 1. The van der Waals surface area contributed by atoms with Gasteiger partial charge in [0, 0.05) is 56.4 Å². The molecule has 6 atom stereocenters. The quantitative estimate of drug-likeness (QED) is 0.0419. The highest BCUT2D eigenvalue weighted by Gasteiger charge is 2.33. The number of aliphatic imine (C=N–C) groups is 1. The Kier molecular flexibility index (Phi) is 26.5. The summed E-state index contributed by atoms with van der Waals surface area (Å²) >= 11 is 0. The third-order valence-corrected chi connectivity index (χ3v) is 12.0. The minimum atomic E-state index is -1.53. The van der Waals surface area contributed by atoms with Crippen molar-refractivity contribution in [3.63, 3.8) is 0 Å². The van der Waals surface area contributed by atoms with Crippen molar-refractivity contribution < 1.29 is 47.9 Å². The Balaban J connectivity index is 0.00000121. The molecule has 25 nitrogen and oxygen atoms in total. The van der Waals surface area contributed by atoms with Crippen molar-refractivity contribution >= 4 is 75.9 Å². The van der Waals surface area contributed by atoms with E-state index in [2.05, 4.69) is 89.9 Å². The zero-order valence-electron chi connectivity index (χ0n) is 43.3. The molecule has 2 aromatic carbocycles. The number of rotatable bonds is 17. The fourth-order valence-corrected chi connectivity index (χ4v) is 7.91. The van der Waals surface area contributed by atoms with Crippen LogP contribution in [0.5, 0.6) is 0 Å². The van der Waals surface area contributed by atoms with E-state index in [1.165, 1.54) is 35.5 Å². The van der Waals surface area contributed by atoms with Gasteiger partial charge in [-0.15, -0.1) is 0 Å². The summed E-state index contributed by atoms with van der Waals surface area (Å²) in [5.74, 6) is -8.15. The van der Waals surface area contributed by atoms with E-state index < -0.39 is 108 Å². The molecular formula is C51H73N15O10. The molecule has 1 saturated heterocycles. The molecule has 0 bridgehead atoms. The number of fused-ring (bicyclic) bond motifs is 1. The Morgan fingerprint density at radius 1 is 0.789 bits per heavy atom. The molecule has 1 aromatic heterocycles. The van der Waals surface area contributed by atoms with Gasteiger partial charge in [0.1, 0.15) is 36.3 Å². The summed E-state index contributed by atoms with van der Waals surface area (Å²) in [6, 6.07) is 8.42. The smallest absolute Gasteiger partial charge is 0.243 e. The Morgan fingerprint density at radius 2 is 1.46 bits per heavy atom. The number of aryl methyl sites for hydroxylation is 1. The van der Waals surface area contributed by atoms with Crippen LogP contribution in [-0.2, 0) is 60.8 Å². The SMILES string of the molecule is CCCC[C@@H]1NC(=O)[C@@H](Cc2ccc(C#N)cc2)NC(=O)[C@H](CCC(N)=O)NC(=O)[C@@H](NC(=O)[C@H](CCCN=C(N)N)NC(C)=O)CCCNC(=O)CC[C@@H](C(N)=O)NC(=O)CNC1=O.CCc1c[nH]c2ccccc12. The second kappa shape index (κ2) is 32.6. The number of nitrogens with two attached hydrogens (primary N) is 4. The maximum atomic E-state index is 14.1. The second-order valence-corrected chi connectivity index (χ2v) is 18.1. The number of H-pyrrole nitrogens is 1. The van der Waals surface area contributed by atoms with Crippen LogP contribution < -0.4 is 65.5 Å². The summed E-state index contributed by atoms with van der Waals surface area (Å²) in [7, 11) is 0. The number of amides is 10. The number of nitrogens with one attached hydrogen (secondary N) is 9. The molecule has 0 aliphatic carbocycles. The number of primary amides is 2. The van der Waals surface area contributed by atoms with Crippen molar-refractivity contribution in [2.45, 2.75) is 140 Å². The van der Waals surface area contributed by atoms with Gasteiger partial charge in [0.15, 0.2) is 5.96 Å². The van der Waals surface area contributed by atoms with Crippen LogP contribution in [0.4, 0.5) is 0 Å². The van der Waals surface area contributed by atoms with Crippen LogP contribution in [0.2, 0.25) is 0 Å². The minimum Gasteiger partial charge on any atom is -0.370 e. The maximum Gasteiger partial charge on any atom is 0.243 e. The predicted octanol–water partition coefficient (Wildman–Crippen LogP) is -1.44. The first-order valence-electron chi connectivity index (χ1n) is 25.2. The molecule has 17 N–H and O–H groups in total. The number of carbonyl (C=O) groups excluding carboxylic acids is 10. The fourth-order valence-electron chi connectivity index (χ4n) is 7.91. The third-order valence-electron chi connectivity index (χ3n) is 12.0. The lowest BCUT2D eigenvalue weighted by molar-refractivity contribution is -0.135. The standard InChI is InChI=1S/C41H62N14O10.C10H11N/c1-3-4-7-27-36(61)49-22-34(59)51-26(35(44)60)15-17-33(58)47-18-5-9-29(53-37(62)28(50-23(2)56)8-6-19-48-41(45)46)38(63)54-30(14-16-32(43)57)39(64)55-31(40(65)52-27)20-24-10-12-25(21-42)13-11-24;1-2-8-7-11-10-6-4-3-5-9(8)10/h10-13,26-31H,3-9,14-20,22H2,1-2H3,(H2,43,57)(H2,44,60)(H,47,58)(H,49,61)(H,50,56)(H,51,59)(H,52,65)(H,53,62)(H,54,63)(H,55,64)(H4,45,46,48);3-7,11H,2H2,1H3/t26-,27-,28-,29-,30-,31+;/m0./s1. The van der Waals surface area contributed by atoms with E-state index in [1.54, 1.807) is 12.1 Å². The average Bonchev–Trinajstić information content (AvgIpc) is 3.81. The number of benzene rings is 2. The molecular weight excluding hydrogens is 983 g/mol. The van der Waals surface area contributed by atoms with Gasteiger partial charge in [0.05, 0.1) is 18.2 Å². The molecule has 1 fully saturated rings. The first kappa shape index (κ1) is 61.7. The zero-order chi connectivity index (χ0) is 56.2. The van der Waals surface area contributed by atoms with E-state index in [0.29, 0.717) is 24.0 Å². The van der Waals surface area contributed by atoms with Gasteiger partial charge in [-0.3, -0.25) is 52.9 Å². The molecule has 76 heavy (non-hydrogen) atoms. The monoisotopic (exact) mass is 1060 g/mol. The number of hydrogen-bond donors (Lipinski definition) is 13. The number of unbranched alkanes of at least 4 members (excludes halogenated alkanes) is 1. The molecule has 10 amide bonds. The summed E-state index contributed by atoms with van der Waals surface area (Å²) < 4.78 is 0. The van der Waals surface area contributed by atoms with Gasteiger partial charge in [0.25, 0.3) is 0 Å². The Morgan fingerprint density at radius 3 is 2.11 bits per heavy atom. The summed E-state index contributed by atoms with van der Waals surface area (Å²) in [4.78, 5) is 138. The van der Waals surface area contributed by atoms with Crippen LogP contribution in [0.1, 0.15) is 108 Å². The lowest BCUT2D eigenvalue weighted by Gasteiger charge is -2.27. The lowest BCUT2D eigenvalue weighted by Crippen LogP contribution is -2.59. The van der Waals surface area contributed by atoms with Crippen molar-refractivity contribution in [1.29, 1.82) is 5.26 Å². The molecule has 25 heteroatoms. The largest absolute Gasteiger partial charge is 0.370 e. The van der Waals surface area contributed by atoms with E-state index in [0.717, 1.165) is 6.42 Å². The predicted molar refractivity (Wildman–Crippen MR) is 281 cm³/mol. The molecule has 1 aliphatic heterocycles. The van der Waals surface area contributed by atoms with Crippen LogP contribution in [-0.4, -0.2) is 126 Å². The zero-order valence-corrected chi connectivity index (χ0v) is 43.3. The number of guanidine groups is 1. The van der Waals surface area contributed by atoms with Crippen LogP contribution in [0.25, 0.3) is 10.9 Å². The van der Waals surface area contributed by atoms with Gasteiger partial charge in [0.2, 0.25) is 59.1 Å². The van der Waals surface area contributed by atoms with Gasteiger partial charge in [-0.2, -0.15) is 5.26 Å². The van der Waals surface area contributed by atoms with Gasteiger partial charge in [-0.05, 0) is 80.7 Å². The molecule has 4 rings (SSSR count). The van der Waals surface area contributed by atoms with Gasteiger partial charge in [-0.1, -0.05) is 57.0 Å². The van der Waals surface area contributed by atoms with Gasteiger partial charge >= 0.3 is 0 Å². The Hall–Kier alpha value is -8.56. The highest BCUT2D eigenvalue weighted by molar-refractivity contribution is 5.97. The molecule has 0 saturated carbocycles. The van der Waals surface area contributed by atoms with Crippen molar-refractivity contribution in [2.75, 3.05) is 19.6 Å². The van der Waals surface area contributed by atoms with Crippen LogP contribution in [0.3, 0.4) is 0 Å². The van der Waals surface area contributed by atoms with Gasteiger partial charge < -0.3 is 70.5 Å². The molecule has 412 valence electrons. The summed E-state index contributed by atoms with van der Waals surface area (Å²) in [5.41, 5.74) is 25.1. The first-order valence-corrected chi connectivity index (χ1v) is 25.2. The number of aromatic amines is 1. The molecule has 3 aromatic rings. The molecule has 0 unspecified atom stereocenters. The minimum absolute atomic E-state index is 0.0483. The van der Waals surface area contributed by atoms with Crippen LogP contribution >= 0.6 is 0 Å². The van der Waals surface area contributed by atoms with Gasteiger partial charge in [-0.25, -0.2) is 0 Å². The molecule has 2 heterocycles. The van der Waals surface area contributed by atoms with Crippen LogP contribution in [0, 0.1) is 11.3 Å². The summed E-state index contributed by atoms with van der Waals surface area (Å²) in [6.07, 6.45) is 3.13. The third kappa shape index (κ3) is 22.3. The number of hydrogen-bond acceptors (Lipinski definition) is 12. The Bertz CT molecular complexity index is 2560. The van der Waals surface area contributed by atoms with Crippen molar-refractivity contribution in [3.05, 3.63) is 71.4 Å². The van der Waals surface area contributed by atoms with Crippen molar-refractivity contribution in [2.24, 2.45) is 27.9 Å². The summed E-state index contributed by atoms with van der Waals surface area (Å²) in [6.45, 7) is 4.65. The van der Waals surface area contributed by atoms with Crippen LogP contribution in [0.15, 0.2) is 59.7 Å². The van der Waals surface area contributed by atoms with Crippen molar-refractivity contribution in [1.82, 2.24) is 47.5 Å². The number of nitrogens with zero attached hydrogens (tertiary/aromatic N) is 2. The number of carbonyl (C=O) groups is 10. The lowest BCUT2D eigenvalue weighted by atomic mass is 10.0. The molecule has 0 radical (unpaired) electrons. The van der Waals surface area contributed by atoms with Crippen molar-refractivity contribution in [3.8, 4) is 6.07 Å². The fraction of sp³-hybridized carbons (Fsp3) is 0.490. The highest BCUT2D eigenvalue weighted by Crippen LogP contribution is 2.17. The molecule has 0 spiro atoms. The summed E-state index contributed by atoms with van der Waals surface area (Å²) in [5, 5.41) is 31.0. The topological polar surface area (TPSA) is 423 Å². The number of para-hydroxylation sites is 1. The van der Waals surface area contributed by atoms with E-state index in [9.17, 15) is 53.2 Å². The Labute approximate surface area is 441 Å². The number of nitriles is 1. The van der Waals surface area contributed by atoms with E-state index in [1.807, 2.05) is 13.0 Å². The van der Waals surface area contributed by atoms with E-state index in [4.69, 9.17) is 22.9 Å². The van der Waals surface area contributed by atoms with E-state index in [-0.39, 0.29) is 76.8 Å². The normalized spacial score (nSPS) is 19.7. The van der Waals surface area contributed by atoms with E-state index >= 15 is 0 Å². The maximum absolute atomic E-state index is 14.1.